The zero-order valence-electron chi connectivity index (χ0n) is 12.6. The maximum Gasteiger partial charge on any atom is 0.337 e. The van der Waals surface area contributed by atoms with Crippen LogP contribution in [0, 0.1) is 5.92 Å². The molecule has 0 spiro atoms. The van der Waals surface area contributed by atoms with E-state index < -0.39 is 27.9 Å². The first-order valence-electron chi connectivity index (χ1n) is 6.74. The van der Waals surface area contributed by atoms with Gasteiger partial charge in [-0.3, -0.25) is 4.79 Å². The van der Waals surface area contributed by atoms with Crippen molar-refractivity contribution < 1.29 is 31.4 Å². The topological polar surface area (TPSA) is 90.0 Å². The Morgan fingerprint density at radius 1 is 1.39 bits per heavy atom. The van der Waals surface area contributed by atoms with E-state index in [1.165, 1.54) is 37.3 Å². The zero-order valence-corrected chi connectivity index (χ0v) is 13.4. The molecule has 1 aromatic rings. The third-order valence-corrected chi connectivity index (χ3v) is 4.40. The van der Waals surface area contributed by atoms with Gasteiger partial charge in [0.05, 0.1) is 31.2 Å². The number of esters is 1. The molecule has 1 saturated heterocycles. The number of hydrogen-bond acceptors (Lipinski definition) is 6. The summed E-state index contributed by atoms with van der Waals surface area (Å²) in [6.45, 7) is 0.0307. The summed E-state index contributed by atoms with van der Waals surface area (Å²) in [7, 11) is -2.03. The quantitative estimate of drug-likeness (QED) is 0.587. The van der Waals surface area contributed by atoms with E-state index in [2.05, 4.69) is 4.74 Å². The van der Waals surface area contributed by atoms with E-state index >= 15 is 0 Å². The van der Waals surface area contributed by atoms with Crippen molar-refractivity contribution in [1.29, 1.82) is 0 Å². The summed E-state index contributed by atoms with van der Waals surface area (Å²) >= 11 is 0. The van der Waals surface area contributed by atoms with Gasteiger partial charge in [0.25, 0.3) is 0 Å². The molecule has 0 aliphatic carbocycles. The normalized spacial score (nSPS) is 18.1. The lowest BCUT2D eigenvalue weighted by Gasteiger charge is -2.20. The van der Waals surface area contributed by atoms with Crippen LogP contribution in [0.1, 0.15) is 16.8 Å². The largest absolute Gasteiger partial charge is 0.495 e. The second kappa shape index (κ2) is 6.53. The Morgan fingerprint density at radius 2 is 2.09 bits per heavy atom. The number of nitrogens with zero attached hydrogens (tertiary/aromatic N) is 1. The van der Waals surface area contributed by atoms with E-state index in [0.29, 0.717) is 11.4 Å². The molecule has 0 aromatic heterocycles. The lowest BCUT2D eigenvalue weighted by Crippen LogP contribution is -2.26. The van der Waals surface area contributed by atoms with Gasteiger partial charge in [0.2, 0.25) is 5.91 Å². The van der Waals surface area contributed by atoms with Gasteiger partial charge in [0, 0.05) is 18.9 Å². The summed E-state index contributed by atoms with van der Waals surface area (Å²) < 4.78 is 44.1. The first-order valence-corrected chi connectivity index (χ1v) is 8.29. The Labute approximate surface area is 133 Å². The van der Waals surface area contributed by atoms with Crippen LogP contribution in [0.5, 0.6) is 5.75 Å². The minimum Gasteiger partial charge on any atom is -0.495 e. The molecule has 1 aliphatic rings. The molecule has 1 unspecified atom stereocenters. The standard InChI is InChI=1S/C14H16FNO6S/c1-21-12-4-3-10(14(18)22-2)6-11(12)16-7-9(5-13(16)17)8-23(15,19)20/h3-4,6,9H,5,7-8H2,1-2H3. The van der Waals surface area contributed by atoms with Gasteiger partial charge < -0.3 is 14.4 Å². The van der Waals surface area contributed by atoms with Crippen LogP contribution in [0.3, 0.4) is 0 Å². The fraction of sp³-hybridized carbons (Fsp3) is 0.429. The van der Waals surface area contributed by atoms with Gasteiger partial charge in [-0.05, 0) is 18.2 Å². The summed E-state index contributed by atoms with van der Waals surface area (Å²) in [6, 6.07) is 4.42. The number of anilines is 1. The molecule has 1 aliphatic heterocycles. The summed E-state index contributed by atoms with van der Waals surface area (Å²) in [5, 5.41) is 0. The lowest BCUT2D eigenvalue weighted by atomic mass is 10.1. The Hall–Kier alpha value is -2.16. The van der Waals surface area contributed by atoms with Gasteiger partial charge in [-0.15, -0.1) is 3.89 Å². The number of halogens is 1. The first-order chi connectivity index (χ1) is 10.7. The average molecular weight is 345 g/mol. The second-order valence-electron chi connectivity index (χ2n) is 5.16. The fourth-order valence-electron chi connectivity index (χ4n) is 2.55. The highest BCUT2D eigenvalue weighted by Gasteiger charge is 2.35. The number of carbonyl (C=O) groups is 2. The molecule has 7 nitrogen and oxygen atoms in total. The molecule has 0 saturated carbocycles. The number of benzene rings is 1. The zero-order chi connectivity index (χ0) is 17.2. The van der Waals surface area contributed by atoms with Crippen LogP contribution in [0.25, 0.3) is 0 Å². The third kappa shape index (κ3) is 3.98. The molecule has 1 amide bonds. The number of ether oxygens (including phenoxy) is 2. The number of amides is 1. The van der Waals surface area contributed by atoms with E-state index in [1.807, 2.05) is 0 Å². The molecule has 126 valence electrons. The monoisotopic (exact) mass is 345 g/mol. The highest BCUT2D eigenvalue weighted by atomic mass is 32.3. The van der Waals surface area contributed by atoms with E-state index in [1.54, 1.807) is 0 Å². The summed E-state index contributed by atoms with van der Waals surface area (Å²) in [5.74, 6) is -1.96. The van der Waals surface area contributed by atoms with Gasteiger partial charge in [0.15, 0.2) is 0 Å². The van der Waals surface area contributed by atoms with Crippen molar-refractivity contribution in [3.05, 3.63) is 23.8 Å². The van der Waals surface area contributed by atoms with Crippen molar-refractivity contribution in [3.63, 3.8) is 0 Å². The van der Waals surface area contributed by atoms with Crippen LogP contribution >= 0.6 is 0 Å². The Kier molecular flexibility index (Phi) is 4.88. The van der Waals surface area contributed by atoms with E-state index in [-0.39, 0.29) is 24.4 Å². The van der Waals surface area contributed by atoms with Crippen molar-refractivity contribution in [3.8, 4) is 5.75 Å². The van der Waals surface area contributed by atoms with E-state index in [4.69, 9.17) is 4.74 Å². The van der Waals surface area contributed by atoms with Crippen molar-refractivity contribution in [2.75, 3.05) is 31.4 Å². The molecule has 0 radical (unpaired) electrons. The van der Waals surface area contributed by atoms with Crippen LogP contribution in [0.2, 0.25) is 0 Å². The highest BCUT2D eigenvalue weighted by molar-refractivity contribution is 7.86. The SMILES string of the molecule is COC(=O)c1ccc(OC)c(N2CC(CS(=O)(=O)F)CC2=O)c1. The van der Waals surface area contributed by atoms with Crippen LogP contribution in [0.4, 0.5) is 9.57 Å². The van der Waals surface area contributed by atoms with Crippen LogP contribution in [0.15, 0.2) is 18.2 Å². The molecule has 23 heavy (non-hydrogen) atoms. The highest BCUT2D eigenvalue weighted by Crippen LogP contribution is 2.34. The molecule has 1 heterocycles. The lowest BCUT2D eigenvalue weighted by molar-refractivity contribution is -0.117. The van der Waals surface area contributed by atoms with E-state index in [9.17, 15) is 21.9 Å². The number of methoxy groups -OCH3 is 2. The van der Waals surface area contributed by atoms with Crippen LogP contribution in [-0.4, -0.2) is 46.8 Å². The minimum absolute atomic E-state index is 0.0307. The Morgan fingerprint density at radius 3 is 2.65 bits per heavy atom. The molecular weight excluding hydrogens is 329 g/mol. The van der Waals surface area contributed by atoms with Gasteiger partial charge in [0.1, 0.15) is 5.75 Å². The fourth-order valence-corrected chi connectivity index (χ4v) is 3.34. The average Bonchev–Trinajstić information content (AvgIpc) is 2.83. The smallest absolute Gasteiger partial charge is 0.337 e. The van der Waals surface area contributed by atoms with Gasteiger partial charge >= 0.3 is 16.2 Å². The summed E-state index contributed by atoms with van der Waals surface area (Å²) in [6.07, 6.45) is -0.0885. The Balaban J connectivity index is 2.33. The predicted molar refractivity (Wildman–Crippen MR) is 79.7 cm³/mol. The second-order valence-corrected chi connectivity index (χ2v) is 6.57. The molecule has 2 rings (SSSR count). The molecular formula is C14H16FNO6S. The molecule has 9 heteroatoms. The molecule has 0 bridgehead atoms. The molecule has 1 atom stereocenters. The molecule has 1 fully saturated rings. The number of carbonyl (C=O) groups excluding carboxylic acids is 2. The number of hydrogen-bond donors (Lipinski definition) is 0. The van der Waals surface area contributed by atoms with Crippen molar-refractivity contribution in [2.45, 2.75) is 6.42 Å². The Bertz CT molecular complexity index is 733. The predicted octanol–water partition coefficient (Wildman–Crippen LogP) is 1.13. The molecule has 1 aromatic carbocycles. The molecule has 0 N–H and O–H groups in total. The first kappa shape index (κ1) is 17.2. The summed E-state index contributed by atoms with van der Waals surface area (Å²) in [4.78, 5) is 25.0. The summed E-state index contributed by atoms with van der Waals surface area (Å²) in [5.41, 5.74) is 0.539. The van der Waals surface area contributed by atoms with Gasteiger partial charge in [-0.1, -0.05) is 0 Å². The maximum absolute atomic E-state index is 12.8. The van der Waals surface area contributed by atoms with Crippen LogP contribution < -0.4 is 9.64 Å². The van der Waals surface area contributed by atoms with E-state index in [0.717, 1.165) is 0 Å². The van der Waals surface area contributed by atoms with Crippen LogP contribution in [-0.2, 0) is 19.8 Å². The van der Waals surface area contributed by atoms with Gasteiger partial charge in [-0.25, -0.2) is 4.79 Å². The maximum atomic E-state index is 12.8. The number of rotatable bonds is 5. The minimum atomic E-state index is -4.66. The van der Waals surface area contributed by atoms with Gasteiger partial charge in [-0.2, -0.15) is 8.42 Å². The van der Waals surface area contributed by atoms with Crippen molar-refractivity contribution >= 4 is 27.8 Å². The third-order valence-electron chi connectivity index (χ3n) is 3.53. The van der Waals surface area contributed by atoms with Crippen molar-refractivity contribution in [1.82, 2.24) is 0 Å². The van der Waals surface area contributed by atoms with Crippen molar-refractivity contribution in [2.24, 2.45) is 5.92 Å².